The van der Waals surface area contributed by atoms with E-state index in [1.165, 1.54) is 23.7 Å². The maximum absolute atomic E-state index is 4.37. The summed E-state index contributed by atoms with van der Waals surface area (Å²) < 4.78 is 4.23. The van der Waals surface area contributed by atoms with Gasteiger partial charge in [0.05, 0.1) is 0 Å². The molecule has 1 aromatic heterocycles. The Morgan fingerprint density at radius 2 is 2.36 bits per heavy atom. The number of aryl methyl sites for hydroxylation is 1. The average molecular weight is 231 g/mol. The third-order valence-electron chi connectivity index (χ3n) is 1.91. The molecule has 0 aromatic carbocycles. The topological polar surface area (TPSA) is 37.8 Å². The number of hydrogen-bond donors (Lipinski definition) is 1. The van der Waals surface area contributed by atoms with Gasteiger partial charge < -0.3 is 5.32 Å². The number of rotatable bonds is 6. The number of nitrogens with zero attached hydrogens (tertiary/aromatic N) is 2. The highest BCUT2D eigenvalue weighted by molar-refractivity contribution is 7.98. The van der Waals surface area contributed by atoms with Gasteiger partial charge in [-0.05, 0) is 25.4 Å². The molecular weight excluding hydrogens is 214 g/mol. The molecule has 1 rings (SSSR count). The van der Waals surface area contributed by atoms with Crippen LogP contribution >= 0.6 is 23.3 Å². The fourth-order valence-electron chi connectivity index (χ4n) is 1.03. The van der Waals surface area contributed by atoms with Crippen LogP contribution in [-0.4, -0.2) is 27.4 Å². The summed E-state index contributed by atoms with van der Waals surface area (Å²) >= 11 is 3.33. The van der Waals surface area contributed by atoms with E-state index in [2.05, 4.69) is 34.8 Å². The molecule has 0 fully saturated rings. The van der Waals surface area contributed by atoms with Gasteiger partial charge in [0.25, 0.3) is 0 Å². The molecule has 1 atom stereocenters. The molecule has 1 N–H and O–H groups in total. The highest BCUT2D eigenvalue weighted by Crippen LogP contribution is 2.14. The first-order valence-electron chi connectivity index (χ1n) is 4.84. The van der Waals surface area contributed by atoms with Crippen molar-refractivity contribution in [3.63, 3.8) is 0 Å². The van der Waals surface area contributed by atoms with E-state index in [9.17, 15) is 0 Å². The van der Waals surface area contributed by atoms with Crippen LogP contribution in [0.3, 0.4) is 0 Å². The van der Waals surface area contributed by atoms with Crippen LogP contribution in [0.15, 0.2) is 0 Å². The second kappa shape index (κ2) is 6.24. The van der Waals surface area contributed by atoms with Gasteiger partial charge in [-0.1, -0.05) is 6.92 Å². The molecule has 1 aromatic rings. The lowest BCUT2D eigenvalue weighted by Crippen LogP contribution is -2.15. The van der Waals surface area contributed by atoms with Crippen molar-refractivity contribution < 1.29 is 0 Å². The lowest BCUT2D eigenvalue weighted by atomic mass is 10.3. The van der Waals surface area contributed by atoms with Crippen LogP contribution in [0.5, 0.6) is 0 Å². The van der Waals surface area contributed by atoms with Gasteiger partial charge in [0.15, 0.2) is 0 Å². The Morgan fingerprint density at radius 3 is 2.93 bits per heavy atom. The van der Waals surface area contributed by atoms with Gasteiger partial charge >= 0.3 is 0 Å². The Balaban J connectivity index is 2.35. The molecule has 14 heavy (non-hydrogen) atoms. The highest BCUT2D eigenvalue weighted by atomic mass is 32.2. The maximum Gasteiger partial charge on any atom is 0.202 e. The van der Waals surface area contributed by atoms with Crippen LogP contribution < -0.4 is 5.32 Å². The molecule has 5 heteroatoms. The molecular formula is C9H17N3S2. The van der Waals surface area contributed by atoms with E-state index >= 15 is 0 Å². The standard InChI is InChI=1S/C9H17N3S2/c1-4-8-11-9(14-12-8)10-7(2)5-6-13-3/h7H,4-6H2,1-3H3,(H,10,11,12). The summed E-state index contributed by atoms with van der Waals surface area (Å²) in [5.41, 5.74) is 0. The van der Waals surface area contributed by atoms with Crippen LogP contribution in [0.1, 0.15) is 26.1 Å². The molecule has 0 saturated heterocycles. The Kier molecular flexibility index (Phi) is 5.25. The fourth-order valence-corrected chi connectivity index (χ4v) is 2.38. The summed E-state index contributed by atoms with van der Waals surface area (Å²) in [6, 6.07) is 0.486. The van der Waals surface area contributed by atoms with E-state index in [0.717, 1.165) is 17.4 Å². The summed E-state index contributed by atoms with van der Waals surface area (Å²) in [7, 11) is 0. The van der Waals surface area contributed by atoms with E-state index < -0.39 is 0 Å². The molecule has 0 radical (unpaired) electrons. The molecule has 0 saturated carbocycles. The summed E-state index contributed by atoms with van der Waals surface area (Å²) in [6.45, 7) is 4.26. The third-order valence-corrected chi connectivity index (χ3v) is 3.24. The van der Waals surface area contributed by atoms with Crippen molar-refractivity contribution in [2.45, 2.75) is 32.7 Å². The van der Waals surface area contributed by atoms with Crippen LogP contribution in [0.2, 0.25) is 0 Å². The van der Waals surface area contributed by atoms with Gasteiger partial charge in [-0.15, -0.1) is 0 Å². The SMILES string of the molecule is CCc1nsc(NC(C)CCSC)n1. The molecule has 0 amide bonds. The predicted molar refractivity (Wildman–Crippen MR) is 65.4 cm³/mol. The van der Waals surface area contributed by atoms with E-state index in [1.54, 1.807) is 0 Å². The number of thioether (sulfide) groups is 1. The molecule has 0 aliphatic rings. The van der Waals surface area contributed by atoms with Gasteiger partial charge in [-0.3, -0.25) is 0 Å². The largest absolute Gasteiger partial charge is 0.358 e. The van der Waals surface area contributed by atoms with Crippen molar-refractivity contribution in [1.82, 2.24) is 9.36 Å². The molecule has 1 heterocycles. The molecule has 80 valence electrons. The Hall–Kier alpha value is -0.290. The summed E-state index contributed by atoms with van der Waals surface area (Å²) in [5.74, 6) is 2.13. The molecule has 0 aliphatic carbocycles. The Labute approximate surface area is 93.9 Å². The predicted octanol–water partition coefficient (Wildman–Crippen LogP) is 2.65. The van der Waals surface area contributed by atoms with Crippen LogP contribution in [0, 0.1) is 0 Å². The van der Waals surface area contributed by atoms with Crippen LogP contribution in [-0.2, 0) is 6.42 Å². The Morgan fingerprint density at radius 1 is 1.57 bits per heavy atom. The van der Waals surface area contributed by atoms with Gasteiger partial charge in [0.2, 0.25) is 5.13 Å². The van der Waals surface area contributed by atoms with Gasteiger partial charge in [-0.2, -0.15) is 16.1 Å². The number of hydrogen-bond acceptors (Lipinski definition) is 5. The summed E-state index contributed by atoms with van der Waals surface area (Å²) in [5, 5.41) is 4.32. The number of nitrogens with one attached hydrogen (secondary N) is 1. The second-order valence-electron chi connectivity index (χ2n) is 3.20. The first-order chi connectivity index (χ1) is 6.76. The number of aromatic nitrogens is 2. The maximum atomic E-state index is 4.37. The first-order valence-corrected chi connectivity index (χ1v) is 7.01. The molecule has 0 aliphatic heterocycles. The van der Waals surface area contributed by atoms with E-state index in [1.807, 2.05) is 11.8 Å². The van der Waals surface area contributed by atoms with Crippen LogP contribution in [0.25, 0.3) is 0 Å². The molecule has 0 bridgehead atoms. The van der Waals surface area contributed by atoms with Crippen molar-refractivity contribution in [2.24, 2.45) is 0 Å². The quantitative estimate of drug-likeness (QED) is 0.817. The van der Waals surface area contributed by atoms with Gasteiger partial charge in [0, 0.05) is 24.0 Å². The summed E-state index contributed by atoms with van der Waals surface area (Å²) in [6.07, 6.45) is 4.21. The van der Waals surface area contributed by atoms with Gasteiger partial charge in [0.1, 0.15) is 5.82 Å². The fraction of sp³-hybridized carbons (Fsp3) is 0.778. The van der Waals surface area contributed by atoms with Crippen molar-refractivity contribution in [1.29, 1.82) is 0 Å². The Bertz CT molecular complexity index is 262. The van der Waals surface area contributed by atoms with E-state index in [-0.39, 0.29) is 0 Å². The molecule has 1 unspecified atom stereocenters. The zero-order valence-corrected chi connectivity index (χ0v) is 10.5. The third kappa shape index (κ3) is 3.84. The van der Waals surface area contributed by atoms with Crippen molar-refractivity contribution in [2.75, 3.05) is 17.3 Å². The minimum Gasteiger partial charge on any atom is -0.358 e. The smallest absolute Gasteiger partial charge is 0.202 e. The van der Waals surface area contributed by atoms with E-state index in [0.29, 0.717) is 6.04 Å². The first kappa shape index (κ1) is 11.8. The average Bonchev–Trinajstić information content (AvgIpc) is 2.62. The monoisotopic (exact) mass is 231 g/mol. The minimum absolute atomic E-state index is 0.486. The van der Waals surface area contributed by atoms with E-state index in [4.69, 9.17) is 0 Å². The van der Waals surface area contributed by atoms with Crippen molar-refractivity contribution in [3.05, 3.63) is 5.82 Å². The molecule has 3 nitrogen and oxygen atoms in total. The van der Waals surface area contributed by atoms with Crippen LogP contribution in [0.4, 0.5) is 5.13 Å². The zero-order chi connectivity index (χ0) is 10.4. The lowest BCUT2D eigenvalue weighted by Gasteiger charge is -2.10. The van der Waals surface area contributed by atoms with Crippen molar-refractivity contribution >= 4 is 28.4 Å². The van der Waals surface area contributed by atoms with Crippen molar-refractivity contribution in [3.8, 4) is 0 Å². The normalized spacial score (nSPS) is 12.8. The van der Waals surface area contributed by atoms with Gasteiger partial charge in [-0.25, -0.2) is 4.98 Å². The summed E-state index contributed by atoms with van der Waals surface area (Å²) in [4.78, 5) is 4.37. The zero-order valence-electron chi connectivity index (χ0n) is 8.91. The molecule has 0 spiro atoms. The lowest BCUT2D eigenvalue weighted by molar-refractivity contribution is 0.769. The number of anilines is 1. The highest BCUT2D eigenvalue weighted by Gasteiger charge is 2.05. The second-order valence-corrected chi connectivity index (χ2v) is 4.93. The minimum atomic E-state index is 0.486.